The van der Waals surface area contributed by atoms with E-state index in [0.29, 0.717) is 11.0 Å². The lowest BCUT2D eigenvalue weighted by atomic mass is 10.1. The molecule has 2 aromatic carbocycles. The molecule has 1 N–H and O–H groups in total. The second-order valence-corrected chi connectivity index (χ2v) is 4.79. The Morgan fingerprint density at radius 3 is 2.43 bits per heavy atom. The molecule has 1 aromatic heterocycles. The molecule has 0 aliphatic heterocycles. The topological polar surface area (TPSA) is 28.7 Å². The summed E-state index contributed by atoms with van der Waals surface area (Å²) >= 11 is 5.60. The Hall–Kier alpha value is -2.08. The van der Waals surface area contributed by atoms with Gasteiger partial charge in [0, 0.05) is 0 Å². The first-order chi connectivity index (χ1) is 9.88. The van der Waals surface area contributed by atoms with E-state index in [1.807, 2.05) is 0 Å². The van der Waals surface area contributed by atoms with Crippen LogP contribution in [0, 0.1) is 5.82 Å². The maximum absolute atomic E-state index is 14.1. The van der Waals surface area contributed by atoms with E-state index in [9.17, 15) is 17.6 Å². The third-order valence-electron chi connectivity index (χ3n) is 3.03. The molecule has 21 heavy (non-hydrogen) atoms. The van der Waals surface area contributed by atoms with Crippen LogP contribution in [0.5, 0.6) is 0 Å². The predicted octanol–water partition coefficient (Wildman–Crippen LogP) is 5.04. The van der Waals surface area contributed by atoms with Gasteiger partial charge in [0.25, 0.3) is 0 Å². The van der Waals surface area contributed by atoms with Gasteiger partial charge in [-0.3, -0.25) is 0 Å². The first kappa shape index (κ1) is 13.9. The molecular weight excluding hydrogens is 308 g/mol. The monoisotopic (exact) mass is 314 g/mol. The Balaban J connectivity index is 2.32. The standard InChI is InChI=1S/C14H7ClF4N2/c15-8-6-5-7(14(17,18)19)11(12(8)16)13-20-9-3-1-2-4-10(9)21-13/h1-6H,(H,20,21). The van der Waals surface area contributed by atoms with Crippen LogP contribution in [0.2, 0.25) is 5.02 Å². The van der Waals surface area contributed by atoms with E-state index in [2.05, 4.69) is 9.97 Å². The van der Waals surface area contributed by atoms with Gasteiger partial charge >= 0.3 is 6.18 Å². The number of fused-ring (bicyclic) bond motifs is 1. The number of alkyl halides is 3. The normalized spacial score (nSPS) is 12.0. The van der Waals surface area contributed by atoms with E-state index < -0.39 is 28.1 Å². The molecule has 0 aliphatic carbocycles. The molecular formula is C14H7ClF4N2. The lowest BCUT2D eigenvalue weighted by Gasteiger charge is -2.12. The Morgan fingerprint density at radius 1 is 1.05 bits per heavy atom. The average molecular weight is 315 g/mol. The van der Waals surface area contributed by atoms with Crippen LogP contribution >= 0.6 is 11.6 Å². The molecule has 0 bridgehead atoms. The van der Waals surface area contributed by atoms with Gasteiger partial charge in [0.15, 0.2) is 5.82 Å². The highest BCUT2D eigenvalue weighted by Gasteiger charge is 2.36. The van der Waals surface area contributed by atoms with Crippen LogP contribution in [-0.2, 0) is 6.18 Å². The molecule has 0 fully saturated rings. The van der Waals surface area contributed by atoms with Gasteiger partial charge in [-0.15, -0.1) is 0 Å². The number of hydrogen-bond donors (Lipinski definition) is 1. The van der Waals surface area contributed by atoms with Gasteiger partial charge in [0.05, 0.1) is 27.2 Å². The molecule has 108 valence electrons. The highest BCUT2D eigenvalue weighted by Crippen LogP contribution is 2.40. The van der Waals surface area contributed by atoms with Gasteiger partial charge in [-0.25, -0.2) is 9.37 Å². The quantitative estimate of drug-likeness (QED) is 0.626. The molecule has 0 saturated heterocycles. The maximum Gasteiger partial charge on any atom is 0.417 e. The summed E-state index contributed by atoms with van der Waals surface area (Å²) in [6.07, 6.45) is -4.71. The minimum atomic E-state index is -4.71. The van der Waals surface area contributed by atoms with E-state index in [0.717, 1.165) is 12.1 Å². The fourth-order valence-electron chi connectivity index (χ4n) is 2.09. The Kier molecular flexibility index (Phi) is 3.13. The number of aromatic amines is 1. The summed E-state index contributed by atoms with van der Waals surface area (Å²) in [5, 5.41) is -0.390. The molecule has 7 heteroatoms. The molecule has 0 amide bonds. The number of rotatable bonds is 1. The van der Waals surface area contributed by atoms with Crippen LogP contribution in [0.15, 0.2) is 36.4 Å². The van der Waals surface area contributed by atoms with E-state index >= 15 is 0 Å². The minimum Gasteiger partial charge on any atom is -0.338 e. The van der Waals surface area contributed by atoms with E-state index in [1.165, 1.54) is 0 Å². The summed E-state index contributed by atoms with van der Waals surface area (Å²) in [6.45, 7) is 0. The molecule has 3 aromatic rings. The number of nitrogens with zero attached hydrogens (tertiary/aromatic N) is 1. The van der Waals surface area contributed by atoms with Crippen LogP contribution < -0.4 is 0 Å². The maximum atomic E-state index is 14.1. The fraction of sp³-hybridized carbons (Fsp3) is 0.0714. The molecule has 0 atom stereocenters. The first-order valence-corrected chi connectivity index (χ1v) is 6.26. The second-order valence-electron chi connectivity index (χ2n) is 4.38. The van der Waals surface area contributed by atoms with Crippen molar-refractivity contribution in [3.8, 4) is 11.4 Å². The third kappa shape index (κ3) is 2.35. The Labute approximate surface area is 121 Å². The molecule has 0 unspecified atom stereocenters. The number of para-hydroxylation sites is 2. The number of aromatic nitrogens is 2. The summed E-state index contributed by atoms with van der Waals surface area (Å²) in [4.78, 5) is 6.69. The summed E-state index contributed by atoms with van der Waals surface area (Å²) in [6, 6.07) is 8.27. The summed E-state index contributed by atoms with van der Waals surface area (Å²) < 4.78 is 53.3. The van der Waals surface area contributed by atoms with Crippen LogP contribution in [0.1, 0.15) is 5.56 Å². The van der Waals surface area contributed by atoms with Gasteiger partial charge < -0.3 is 4.98 Å². The second kappa shape index (κ2) is 4.73. The van der Waals surface area contributed by atoms with Crippen LogP contribution in [-0.4, -0.2) is 9.97 Å². The molecule has 0 spiro atoms. The van der Waals surface area contributed by atoms with E-state index in [4.69, 9.17) is 11.6 Å². The van der Waals surface area contributed by atoms with E-state index in [1.54, 1.807) is 24.3 Å². The molecule has 0 saturated carbocycles. The molecule has 0 radical (unpaired) electrons. The van der Waals surface area contributed by atoms with Gasteiger partial charge in [-0.1, -0.05) is 23.7 Å². The van der Waals surface area contributed by atoms with Gasteiger partial charge in [-0.2, -0.15) is 13.2 Å². The van der Waals surface area contributed by atoms with Gasteiger partial charge in [0.1, 0.15) is 5.82 Å². The molecule has 3 rings (SSSR count). The molecule has 2 nitrogen and oxygen atoms in total. The summed E-state index contributed by atoms with van der Waals surface area (Å²) in [5.74, 6) is -1.35. The van der Waals surface area contributed by atoms with Crippen molar-refractivity contribution in [3.05, 3.63) is 52.8 Å². The van der Waals surface area contributed by atoms with Gasteiger partial charge in [-0.05, 0) is 24.3 Å². The van der Waals surface area contributed by atoms with Crippen molar-refractivity contribution < 1.29 is 17.6 Å². The average Bonchev–Trinajstić information content (AvgIpc) is 2.83. The van der Waals surface area contributed by atoms with Crippen LogP contribution in [0.3, 0.4) is 0 Å². The number of H-pyrrole nitrogens is 1. The van der Waals surface area contributed by atoms with Crippen molar-refractivity contribution in [1.29, 1.82) is 0 Å². The van der Waals surface area contributed by atoms with Gasteiger partial charge in [0.2, 0.25) is 0 Å². The first-order valence-electron chi connectivity index (χ1n) is 5.88. The lowest BCUT2D eigenvalue weighted by molar-refractivity contribution is -0.137. The zero-order valence-electron chi connectivity index (χ0n) is 10.3. The number of nitrogens with one attached hydrogen (secondary N) is 1. The highest BCUT2D eigenvalue weighted by atomic mass is 35.5. The van der Waals surface area contributed by atoms with Crippen molar-refractivity contribution >= 4 is 22.6 Å². The summed E-state index contributed by atoms with van der Waals surface area (Å²) in [7, 11) is 0. The zero-order valence-corrected chi connectivity index (χ0v) is 11.1. The number of benzene rings is 2. The zero-order chi connectivity index (χ0) is 15.2. The molecule has 0 aliphatic rings. The lowest BCUT2D eigenvalue weighted by Crippen LogP contribution is -2.09. The van der Waals surface area contributed by atoms with E-state index in [-0.39, 0.29) is 5.82 Å². The van der Waals surface area contributed by atoms with Crippen molar-refractivity contribution in [2.75, 3.05) is 0 Å². The van der Waals surface area contributed by atoms with Crippen molar-refractivity contribution in [3.63, 3.8) is 0 Å². The molecule has 1 heterocycles. The SMILES string of the molecule is Fc1c(Cl)ccc(C(F)(F)F)c1-c1nc2ccccc2[nH]1. The minimum absolute atomic E-state index is 0.205. The van der Waals surface area contributed by atoms with Crippen molar-refractivity contribution in [1.82, 2.24) is 9.97 Å². The fourth-order valence-corrected chi connectivity index (χ4v) is 2.25. The highest BCUT2D eigenvalue weighted by molar-refractivity contribution is 6.31. The van der Waals surface area contributed by atoms with Crippen LogP contribution in [0.25, 0.3) is 22.4 Å². The Morgan fingerprint density at radius 2 is 1.76 bits per heavy atom. The summed E-state index contributed by atoms with van der Waals surface area (Å²) in [5.41, 5.74) is -0.838. The van der Waals surface area contributed by atoms with Crippen molar-refractivity contribution in [2.24, 2.45) is 0 Å². The van der Waals surface area contributed by atoms with Crippen LogP contribution in [0.4, 0.5) is 17.6 Å². The number of halogens is 5. The largest absolute Gasteiger partial charge is 0.417 e. The number of hydrogen-bond acceptors (Lipinski definition) is 1. The third-order valence-corrected chi connectivity index (χ3v) is 3.32. The smallest absolute Gasteiger partial charge is 0.338 e. The number of imidazole rings is 1. The Bertz CT molecular complexity index is 790. The van der Waals surface area contributed by atoms with Crippen molar-refractivity contribution in [2.45, 2.75) is 6.18 Å². The predicted molar refractivity (Wildman–Crippen MR) is 71.5 cm³/mol.